The molecule has 0 aliphatic carbocycles. The summed E-state index contributed by atoms with van der Waals surface area (Å²) < 4.78 is 15.6. The maximum Gasteiger partial charge on any atom is 0.240 e. The molecule has 0 radical (unpaired) electrons. The van der Waals surface area contributed by atoms with Gasteiger partial charge in [-0.15, -0.1) is 10.2 Å². The van der Waals surface area contributed by atoms with E-state index in [1.54, 1.807) is 12.1 Å². The molecule has 2 unspecified atom stereocenters. The molecule has 2 atom stereocenters. The minimum absolute atomic E-state index is 0.0636. The third-order valence-electron chi connectivity index (χ3n) is 6.67. The van der Waals surface area contributed by atoms with Gasteiger partial charge in [0.1, 0.15) is 5.82 Å². The maximum absolute atomic E-state index is 13.6. The zero-order chi connectivity index (χ0) is 23.7. The largest absolute Gasteiger partial charge is 0.308 e. The standard InChI is InChI=1S/C26H30FN5OS/c1-18-16-20-8-4-5-9-23(20)31(18)25(33)19(2)34-26-29-28-24(17-30-14-6-3-7-15-30)32(26)22-12-10-21(27)11-13-22/h4-5,8-13,18-19H,3,6-7,14-17H2,1-2H3. The molecular formula is C26H30FN5OS. The number of anilines is 1. The van der Waals surface area contributed by atoms with Gasteiger partial charge in [0.15, 0.2) is 11.0 Å². The van der Waals surface area contributed by atoms with Crippen molar-refractivity contribution in [3.63, 3.8) is 0 Å². The highest BCUT2D eigenvalue weighted by molar-refractivity contribution is 8.00. The summed E-state index contributed by atoms with van der Waals surface area (Å²) in [6.45, 7) is 6.78. The first-order valence-corrected chi connectivity index (χ1v) is 12.9. The van der Waals surface area contributed by atoms with Crippen LogP contribution < -0.4 is 4.90 Å². The Balaban J connectivity index is 1.41. The van der Waals surface area contributed by atoms with E-state index in [1.807, 2.05) is 34.6 Å². The van der Waals surface area contributed by atoms with E-state index in [1.165, 1.54) is 48.7 Å². The van der Waals surface area contributed by atoms with E-state index in [-0.39, 0.29) is 23.0 Å². The molecule has 5 rings (SSSR count). The highest BCUT2D eigenvalue weighted by Gasteiger charge is 2.34. The molecule has 1 aromatic heterocycles. The van der Waals surface area contributed by atoms with Gasteiger partial charge >= 0.3 is 0 Å². The molecule has 0 bridgehead atoms. The fourth-order valence-electron chi connectivity index (χ4n) is 4.95. The number of benzene rings is 2. The second kappa shape index (κ2) is 9.88. The van der Waals surface area contributed by atoms with Crippen molar-refractivity contribution in [1.82, 2.24) is 19.7 Å². The van der Waals surface area contributed by atoms with Crippen molar-refractivity contribution in [2.45, 2.75) is 62.5 Å². The molecule has 3 aromatic rings. The van der Waals surface area contributed by atoms with Gasteiger partial charge in [-0.2, -0.15) is 0 Å². The number of carbonyl (C=O) groups is 1. The third kappa shape index (κ3) is 4.61. The summed E-state index contributed by atoms with van der Waals surface area (Å²) in [6.07, 6.45) is 4.51. The van der Waals surface area contributed by atoms with Crippen molar-refractivity contribution in [3.8, 4) is 5.69 Å². The Morgan fingerprint density at radius 3 is 2.59 bits per heavy atom. The van der Waals surface area contributed by atoms with E-state index in [0.717, 1.165) is 36.7 Å². The average Bonchev–Trinajstić information content (AvgIpc) is 3.39. The fourth-order valence-corrected chi connectivity index (χ4v) is 5.89. The number of hydrogen-bond acceptors (Lipinski definition) is 5. The SMILES string of the molecule is CC(Sc1nnc(CN2CCCCC2)n1-c1ccc(F)cc1)C(=O)N1c2ccccc2CC1C. The lowest BCUT2D eigenvalue weighted by Crippen LogP contribution is -2.40. The maximum atomic E-state index is 13.6. The summed E-state index contributed by atoms with van der Waals surface area (Å²) in [4.78, 5) is 17.8. The number of likely N-dealkylation sites (tertiary alicyclic amines) is 1. The van der Waals surface area contributed by atoms with E-state index >= 15 is 0 Å². The summed E-state index contributed by atoms with van der Waals surface area (Å²) >= 11 is 1.41. The molecule has 1 saturated heterocycles. The van der Waals surface area contributed by atoms with Crippen molar-refractivity contribution >= 4 is 23.4 Å². The summed E-state index contributed by atoms with van der Waals surface area (Å²) in [7, 11) is 0. The number of carbonyl (C=O) groups excluding carboxylic acids is 1. The second-order valence-corrected chi connectivity index (χ2v) is 10.5. The van der Waals surface area contributed by atoms with Crippen molar-refractivity contribution in [2.24, 2.45) is 0 Å². The zero-order valence-electron chi connectivity index (χ0n) is 19.7. The summed E-state index contributed by atoms with van der Waals surface area (Å²) in [5, 5.41) is 9.28. The molecule has 1 amide bonds. The Morgan fingerprint density at radius 1 is 1.09 bits per heavy atom. The zero-order valence-corrected chi connectivity index (χ0v) is 20.5. The minimum Gasteiger partial charge on any atom is -0.308 e. The van der Waals surface area contributed by atoms with Crippen LogP contribution in [0.25, 0.3) is 5.69 Å². The number of thioether (sulfide) groups is 1. The van der Waals surface area contributed by atoms with Gasteiger partial charge in [0.25, 0.3) is 0 Å². The van der Waals surface area contributed by atoms with Gasteiger partial charge in [-0.3, -0.25) is 14.3 Å². The molecule has 0 N–H and O–H groups in total. The number of rotatable bonds is 6. The number of fused-ring (bicyclic) bond motifs is 1. The molecular weight excluding hydrogens is 449 g/mol. The number of piperidine rings is 1. The molecule has 2 aromatic carbocycles. The molecule has 2 aliphatic heterocycles. The lowest BCUT2D eigenvalue weighted by Gasteiger charge is -2.26. The van der Waals surface area contributed by atoms with Crippen LogP contribution in [-0.4, -0.2) is 50.0 Å². The summed E-state index contributed by atoms with van der Waals surface area (Å²) in [6, 6.07) is 14.6. The van der Waals surface area contributed by atoms with E-state index in [2.05, 4.69) is 28.1 Å². The van der Waals surface area contributed by atoms with Gasteiger partial charge in [-0.05, 0) is 82.1 Å². The number of para-hydroxylation sites is 1. The first-order valence-electron chi connectivity index (χ1n) is 12.0. The lowest BCUT2D eigenvalue weighted by atomic mass is 10.1. The van der Waals surface area contributed by atoms with Gasteiger partial charge < -0.3 is 4.90 Å². The van der Waals surface area contributed by atoms with Crippen LogP contribution in [0, 0.1) is 5.82 Å². The van der Waals surface area contributed by atoms with Gasteiger partial charge in [0.2, 0.25) is 5.91 Å². The van der Waals surface area contributed by atoms with Crippen LogP contribution >= 0.6 is 11.8 Å². The number of hydrogen-bond donors (Lipinski definition) is 0. The number of amides is 1. The normalized spacial score (nSPS) is 19.3. The predicted molar refractivity (Wildman–Crippen MR) is 133 cm³/mol. The smallest absolute Gasteiger partial charge is 0.240 e. The van der Waals surface area contributed by atoms with Crippen LogP contribution in [0.2, 0.25) is 0 Å². The average molecular weight is 480 g/mol. The van der Waals surface area contributed by atoms with Crippen LogP contribution in [0.5, 0.6) is 0 Å². The summed E-state index contributed by atoms with van der Waals surface area (Å²) in [5.41, 5.74) is 3.01. The Bertz CT molecular complexity index is 1160. The topological polar surface area (TPSA) is 54.3 Å². The first-order chi connectivity index (χ1) is 16.5. The lowest BCUT2D eigenvalue weighted by molar-refractivity contribution is -0.118. The van der Waals surface area contributed by atoms with Gasteiger partial charge in [-0.25, -0.2) is 4.39 Å². The van der Waals surface area contributed by atoms with Crippen LogP contribution in [0.4, 0.5) is 10.1 Å². The van der Waals surface area contributed by atoms with Crippen LogP contribution in [0.15, 0.2) is 53.7 Å². The predicted octanol–water partition coefficient (Wildman–Crippen LogP) is 4.85. The third-order valence-corrected chi connectivity index (χ3v) is 7.70. The number of aromatic nitrogens is 3. The Morgan fingerprint density at radius 2 is 1.82 bits per heavy atom. The van der Waals surface area contributed by atoms with Gasteiger partial charge in [-0.1, -0.05) is 36.4 Å². The highest BCUT2D eigenvalue weighted by atomic mass is 32.2. The quantitative estimate of drug-likeness (QED) is 0.473. The molecule has 3 heterocycles. The van der Waals surface area contributed by atoms with Crippen molar-refractivity contribution in [1.29, 1.82) is 0 Å². The Hall–Kier alpha value is -2.71. The Kier molecular flexibility index (Phi) is 6.70. The second-order valence-electron chi connectivity index (χ2n) is 9.20. The van der Waals surface area contributed by atoms with E-state index in [9.17, 15) is 9.18 Å². The van der Waals surface area contributed by atoms with Crippen LogP contribution in [-0.2, 0) is 17.8 Å². The molecule has 2 aliphatic rings. The van der Waals surface area contributed by atoms with Crippen molar-refractivity contribution < 1.29 is 9.18 Å². The van der Waals surface area contributed by atoms with Gasteiger partial charge in [0.05, 0.1) is 11.8 Å². The number of nitrogens with zero attached hydrogens (tertiary/aromatic N) is 5. The summed E-state index contributed by atoms with van der Waals surface area (Å²) in [5.74, 6) is 0.595. The minimum atomic E-state index is -0.347. The van der Waals surface area contributed by atoms with Gasteiger partial charge in [0, 0.05) is 17.4 Å². The highest BCUT2D eigenvalue weighted by Crippen LogP contribution is 2.35. The molecule has 1 fully saturated rings. The molecule has 6 nitrogen and oxygen atoms in total. The molecule has 8 heteroatoms. The van der Waals surface area contributed by atoms with Crippen LogP contribution in [0.3, 0.4) is 0 Å². The molecule has 0 spiro atoms. The van der Waals surface area contributed by atoms with Crippen molar-refractivity contribution in [2.75, 3.05) is 18.0 Å². The molecule has 0 saturated carbocycles. The molecule has 178 valence electrons. The molecule has 34 heavy (non-hydrogen) atoms. The first kappa shape index (κ1) is 23.1. The van der Waals surface area contributed by atoms with Crippen molar-refractivity contribution in [3.05, 3.63) is 65.7 Å². The van der Waals surface area contributed by atoms with E-state index < -0.39 is 0 Å². The van der Waals surface area contributed by atoms with Crippen LogP contribution in [0.1, 0.15) is 44.5 Å². The monoisotopic (exact) mass is 479 g/mol. The fraction of sp³-hybridized carbons (Fsp3) is 0.423. The Labute approximate surface area is 204 Å². The van der Waals surface area contributed by atoms with E-state index in [0.29, 0.717) is 11.7 Å². The number of halogens is 1. The van der Waals surface area contributed by atoms with E-state index in [4.69, 9.17) is 0 Å².